The van der Waals surface area contributed by atoms with Gasteiger partial charge in [-0.3, -0.25) is 4.79 Å². The number of methoxy groups -OCH3 is 1. The van der Waals surface area contributed by atoms with Crippen LogP contribution in [0.25, 0.3) is 0 Å². The van der Waals surface area contributed by atoms with E-state index >= 15 is 0 Å². The Morgan fingerprint density at radius 2 is 2.04 bits per heavy atom. The fourth-order valence-electron chi connectivity index (χ4n) is 2.76. The van der Waals surface area contributed by atoms with Crippen molar-refractivity contribution in [3.63, 3.8) is 0 Å². The lowest BCUT2D eigenvalue weighted by Gasteiger charge is -2.28. The molecule has 1 aliphatic heterocycles. The minimum atomic E-state index is -2.90. The summed E-state index contributed by atoms with van der Waals surface area (Å²) in [6, 6.07) is 4.94. The highest BCUT2D eigenvalue weighted by Crippen LogP contribution is 2.29. The molecule has 1 aromatic carbocycles. The molecular formula is C17H25F2N3O3. The molecule has 0 radical (unpaired) electrons. The first-order chi connectivity index (χ1) is 12.0. The van der Waals surface area contributed by atoms with Crippen molar-refractivity contribution in [2.75, 3.05) is 46.9 Å². The SMILES string of the molecule is COc1ccc(CN(C)CCC(=O)N2CCNCC2)cc1OC(F)F. The van der Waals surface area contributed by atoms with Gasteiger partial charge in [0.15, 0.2) is 11.5 Å². The number of amides is 1. The summed E-state index contributed by atoms with van der Waals surface area (Å²) in [6.45, 7) is 1.38. The number of rotatable bonds is 8. The van der Waals surface area contributed by atoms with E-state index in [0.717, 1.165) is 31.7 Å². The molecule has 1 fully saturated rings. The molecule has 8 heteroatoms. The molecule has 1 amide bonds. The first-order valence-electron chi connectivity index (χ1n) is 8.28. The Bertz CT molecular complexity index is 566. The summed E-state index contributed by atoms with van der Waals surface area (Å²) < 4.78 is 34.5. The molecule has 6 nitrogen and oxygen atoms in total. The Morgan fingerprint density at radius 3 is 2.68 bits per heavy atom. The smallest absolute Gasteiger partial charge is 0.387 e. The van der Waals surface area contributed by atoms with Crippen LogP contribution >= 0.6 is 0 Å². The molecule has 0 atom stereocenters. The number of alkyl halides is 2. The number of benzene rings is 1. The normalized spacial score (nSPS) is 14.9. The van der Waals surface area contributed by atoms with Crippen LogP contribution in [0.4, 0.5) is 8.78 Å². The maximum Gasteiger partial charge on any atom is 0.387 e. The van der Waals surface area contributed by atoms with Crippen molar-refractivity contribution >= 4 is 5.91 Å². The number of carbonyl (C=O) groups is 1. The Kier molecular flexibility index (Phi) is 7.39. The number of nitrogens with zero attached hydrogens (tertiary/aromatic N) is 2. The Hall–Kier alpha value is -1.93. The predicted octanol–water partition coefficient (Wildman–Crippen LogP) is 1.55. The maximum atomic E-state index is 12.5. The molecule has 0 aliphatic carbocycles. The summed E-state index contributed by atoms with van der Waals surface area (Å²) in [5, 5.41) is 3.22. The lowest BCUT2D eigenvalue weighted by Crippen LogP contribution is -2.47. The highest BCUT2D eigenvalue weighted by atomic mass is 19.3. The van der Waals surface area contributed by atoms with Gasteiger partial charge in [-0.2, -0.15) is 8.78 Å². The molecule has 0 saturated carbocycles. The minimum absolute atomic E-state index is 0.0142. The average molecular weight is 357 g/mol. The zero-order valence-electron chi connectivity index (χ0n) is 14.6. The zero-order valence-corrected chi connectivity index (χ0v) is 14.6. The number of nitrogens with one attached hydrogen (secondary N) is 1. The quantitative estimate of drug-likeness (QED) is 0.765. The standard InChI is InChI=1S/C17H25F2N3O3/c1-21(8-5-16(23)22-9-6-20-7-10-22)12-13-3-4-14(24-2)15(11-13)25-17(18)19/h3-4,11,17,20H,5-10,12H2,1-2H3. The van der Waals surface area contributed by atoms with Crippen LogP contribution in [0.5, 0.6) is 11.5 Å². The molecule has 2 rings (SSSR count). The summed E-state index contributed by atoms with van der Waals surface area (Å²) in [7, 11) is 3.30. The van der Waals surface area contributed by atoms with E-state index in [9.17, 15) is 13.6 Å². The molecule has 25 heavy (non-hydrogen) atoms. The summed E-state index contributed by atoms with van der Waals surface area (Å²) in [5.41, 5.74) is 0.813. The second-order valence-corrected chi connectivity index (χ2v) is 5.98. The zero-order chi connectivity index (χ0) is 18.2. The minimum Gasteiger partial charge on any atom is -0.493 e. The maximum absolute atomic E-state index is 12.5. The van der Waals surface area contributed by atoms with Crippen LogP contribution in [0.3, 0.4) is 0 Å². The van der Waals surface area contributed by atoms with Gasteiger partial charge in [0, 0.05) is 45.7 Å². The Morgan fingerprint density at radius 1 is 1.32 bits per heavy atom. The average Bonchev–Trinajstić information content (AvgIpc) is 2.60. The van der Waals surface area contributed by atoms with E-state index in [2.05, 4.69) is 10.1 Å². The molecule has 0 aromatic heterocycles. The fourth-order valence-corrected chi connectivity index (χ4v) is 2.76. The molecule has 1 N–H and O–H groups in total. The van der Waals surface area contributed by atoms with Crippen LogP contribution in [0.15, 0.2) is 18.2 Å². The molecule has 0 spiro atoms. The molecule has 1 saturated heterocycles. The first kappa shape index (κ1) is 19.4. The monoisotopic (exact) mass is 357 g/mol. The summed E-state index contributed by atoms with van der Waals surface area (Å²) >= 11 is 0. The third-order valence-corrected chi connectivity index (χ3v) is 4.07. The van der Waals surface area contributed by atoms with Crippen molar-refractivity contribution in [3.8, 4) is 11.5 Å². The topological polar surface area (TPSA) is 54.0 Å². The number of halogens is 2. The predicted molar refractivity (Wildman–Crippen MR) is 90.0 cm³/mol. The number of carbonyl (C=O) groups excluding carboxylic acids is 1. The van der Waals surface area contributed by atoms with Crippen LogP contribution in [0, 0.1) is 0 Å². The lowest BCUT2D eigenvalue weighted by molar-refractivity contribution is -0.132. The van der Waals surface area contributed by atoms with Gasteiger partial charge in [0.1, 0.15) is 0 Å². The van der Waals surface area contributed by atoms with Crippen LogP contribution in [0.2, 0.25) is 0 Å². The van der Waals surface area contributed by atoms with Gasteiger partial charge in [-0.05, 0) is 24.7 Å². The van der Waals surface area contributed by atoms with Gasteiger partial charge >= 0.3 is 6.61 Å². The molecule has 140 valence electrons. The van der Waals surface area contributed by atoms with Crippen molar-refractivity contribution in [2.24, 2.45) is 0 Å². The molecule has 0 unspecified atom stereocenters. The van der Waals surface area contributed by atoms with Crippen molar-refractivity contribution in [1.82, 2.24) is 15.1 Å². The van der Waals surface area contributed by atoms with E-state index in [1.54, 1.807) is 18.2 Å². The van der Waals surface area contributed by atoms with Crippen LogP contribution in [-0.4, -0.2) is 69.2 Å². The highest BCUT2D eigenvalue weighted by molar-refractivity contribution is 5.76. The number of ether oxygens (including phenoxy) is 2. The number of hydrogen-bond acceptors (Lipinski definition) is 5. The van der Waals surface area contributed by atoms with Crippen molar-refractivity contribution in [1.29, 1.82) is 0 Å². The second kappa shape index (κ2) is 9.53. The molecule has 0 bridgehead atoms. The van der Waals surface area contributed by atoms with Gasteiger partial charge in [-0.25, -0.2) is 0 Å². The number of piperazine rings is 1. The van der Waals surface area contributed by atoms with Crippen LogP contribution in [-0.2, 0) is 11.3 Å². The van der Waals surface area contributed by atoms with Gasteiger partial charge in [-0.1, -0.05) is 6.07 Å². The fraction of sp³-hybridized carbons (Fsp3) is 0.588. The van der Waals surface area contributed by atoms with E-state index in [-0.39, 0.29) is 17.4 Å². The van der Waals surface area contributed by atoms with Gasteiger partial charge in [0.2, 0.25) is 5.91 Å². The van der Waals surface area contributed by atoms with Crippen LogP contribution in [0.1, 0.15) is 12.0 Å². The summed E-state index contributed by atoms with van der Waals surface area (Å²) in [5.74, 6) is 0.422. The van der Waals surface area contributed by atoms with E-state index in [4.69, 9.17) is 4.74 Å². The van der Waals surface area contributed by atoms with Gasteiger partial charge < -0.3 is 24.6 Å². The Balaban J connectivity index is 1.86. The van der Waals surface area contributed by atoms with E-state index in [1.165, 1.54) is 7.11 Å². The van der Waals surface area contributed by atoms with E-state index in [1.807, 2.05) is 16.8 Å². The number of hydrogen-bond donors (Lipinski definition) is 1. The van der Waals surface area contributed by atoms with Gasteiger partial charge in [-0.15, -0.1) is 0 Å². The largest absolute Gasteiger partial charge is 0.493 e. The first-order valence-corrected chi connectivity index (χ1v) is 8.28. The molecule has 1 aliphatic rings. The highest BCUT2D eigenvalue weighted by Gasteiger charge is 2.17. The van der Waals surface area contributed by atoms with Gasteiger partial charge in [0.05, 0.1) is 7.11 Å². The summed E-state index contributed by atoms with van der Waals surface area (Å²) in [4.78, 5) is 16.0. The van der Waals surface area contributed by atoms with Crippen molar-refractivity contribution < 1.29 is 23.0 Å². The molecule has 1 heterocycles. The van der Waals surface area contributed by atoms with Crippen molar-refractivity contribution in [2.45, 2.75) is 19.6 Å². The summed E-state index contributed by atoms with van der Waals surface area (Å²) in [6.07, 6.45) is 0.438. The van der Waals surface area contributed by atoms with Crippen LogP contribution < -0.4 is 14.8 Å². The third-order valence-electron chi connectivity index (χ3n) is 4.07. The Labute approximate surface area is 146 Å². The molecular weight excluding hydrogens is 332 g/mol. The van der Waals surface area contributed by atoms with E-state index < -0.39 is 6.61 Å². The van der Waals surface area contributed by atoms with Crippen molar-refractivity contribution in [3.05, 3.63) is 23.8 Å². The second-order valence-electron chi connectivity index (χ2n) is 5.98. The molecule has 1 aromatic rings. The lowest BCUT2D eigenvalue weighted by atomic mass is 10.2. The van der Waals surface area contributed by atoms with Gasteiger partial charge in [0.25, 0.3) is 0 Å². The third kappa shape index (κ3) is 6.13. The van der Waals surface area contributed by atoms with E-state index in [0.29, 0.717) is 19.5 Å².